The molecular weight excluding hydrogens is 501 g/mol. The molecule has 0 spiro atoms. The van der Waals surface area contributed by atoms with E-state index in [9.17, 15) is 18.0 Å². The second-order valence-corrected chi connectivity index (χ2v) is 9.70. The summed E-state index contributed by atoms with van der Waals surface area (Å²) >= 11 is 0. The Kier molecular flexibility index (Phi) is 6.27. The fraction of sp³-hybridized carbons (Fsp3) is 0.407. The van der Waals surface area contributed by atoms with E-state index >= 15 is 0 Å². The Morgan fingerprint density at radius 2 is 1.87 bits per heavy atom. The summed E-state index contributed by atoms with van der Waals surface area (Å²) in [5.41, 5.74) is 1.24. The molecule has 0 aliphatic carbocycles. The van der Waals surface area contributed by atoms with Crippen molar-refractivity contribution in [3.8, 4) is 17.2 Å². The fourth-order valence-corrected chi connectivity index (χ4v) is 5.42. The molecule has 1 amide bonds. The third-order valence-corrected chi connectivity index (χ3v) is 7.45. The summed E-state index contributed by atoms with van der Waals surface area (Å²) in [7, 11) is 1.63. The zero-order chi connectivity index (χ0) is 26.4. The molecule has 2 aromatic carbocycles. The van der Waals surface area contributed by atoms with Crippen molar-refractivity contribution in [3.05, 3.63) is 65.0 Å². The van der Waals surface area contributed by atoms with Gasteiger partial charge in [-0.15, -0.1) is 0 Å². The van der Waals surface area contributed by atoms with Crippen LogP contribution < -0.4 is 14.4 Å². The van der Waals surface area contributed by atoms with Crippen LogP contribution in [-0.4, -0.2) is 60.2 Å². The van der Waals surface area contributed by atoms with Crippen LogP contribution in [0.1, 0.15) is 40.2 Å². The molecule has 200 valence electrons. The van der Waals surface area contributed by atoms with E-state index in [1.165, 1.54) is 9.58 Å². The van der Waals surface area contributed by atoms with Gasteiger partial charge in [0, 0.05) is 68.7 Å². The van der Waals surface area contributed by atoms with Crippen LogP contribution in [0.5, 0.6) is 11.5 Å². The van der Waals surface area contributed by atoms with Gasteiger partial charge in [0.1, 0.15) is 0 Å². The van der Waals surface area contributed by atoms with Crippen LogP contribution >= 0.6 is 0 Å². The Labute approximate surface area is 217 Å². The van der Waals surface area contributed by atoms with Crippen molar-refractivity contribution in [1.82, 2.24) is 14.7 Å². The summed E-state index contributed by atoms with van der Waals surface area (Å²) in [5, 5.41) is 4.04. The maximum absolute atomic E-state index is 14.1. The quantitative estimate of drug-likeness (QED) is 0.499. The molecule has 0 atom stereocenters. The number of carbonyl (C=O) groups excluding carboxylic acids is 1. The lowest BCUT2D eigenvalue weighted by molar-refractivity contribution is -0.142. The highest BCUT2D eigenvalue weighted by Crippen LogP contribution is 2.38. The topological polar surface area (TPSA) is 69.1 Å². The Morgan fingerprint density at radius 3 is 2.66 bits per heavy atom. The third kappa shape index (κ3) is 4.49. The lowest BCUT2D eigenvalue weighted by Crippen LogP contribution is -2.42. The number of halogens is 3. The fourth-order valence-electron chi connectivity index (χ4n) is 5.42. The van der Waals surface area contributed by atoms with Crippen molar-refractivity contribution in [1.29, 1.82) is 0 Å². The average molecular weight is 529 g/mol. The molecule has 4 heterocycles. The number of carbonyl (C=O) groups is 1. The lowest BCUT2D eigenvalue weighted by atomic mass is 9.99. The van der Waals surface area contributed by atoms with Crippen LogP contribution in [0.4, 0.5) is 18.9 Å². The number of alkyl halides is 3. The molecule has 1 fully saturated rings. The summed E-state index contributed by atoms with van der Waals surface area (Å²) in [6, 6.07) is 12.0. The van der Waals surface area contributed by atoms with Gasteiger partial charge in [0.15, 0.2) is 17.2 Å². The predicted molar refractivity (Wildman–Crippen MR) is 132 cm³/mol. The largest absolute Gasteiger partial charge is 0.454 e. The van der Waals surface area contributed by atoms with Gasteiger partial charge in [-0.1, -0.05) is 6.07 Å². The summed E-state index contributed by atoms with van der Waals surface area (Å²) in [6.07, 6.45) is -2.52. The minimum Gasteiger partial charge on any atom is -0.454 e. The summed E-state index contributed by atoms with van der Waals surface area (Å²) < 4.78 is 59.8. The molecular formula is C27H27F3N4O4. The van der Waals surface area contributed by atoms with Crippen LogP contribution in [0.2, 0.25) is 0 Å². The van der Waals surface area contributed by atoms with Gasteiger partial charge in [-0.2, -0.15) is 18.3 Å². The highest BCUT2D eigenvalue weighted by Gasteiger charge is 2.41. The van der Waals surface area contributed by atoms with E-state index in [1.54, 1.807) is 49.5 Å². The number of hydrogen-bond donors (Lipinski definition) is 0. The van der Waals surface area contributed by atoms with Crippen molar-refractivity contribution in [2.24, 2.45) is 0 Å². The van der Waals surface area contributed by atoms with Gasteiger partial charge in [-0.05, 0) is 43.2 Å². The number of benzene rings is 2. The average Bonchev–Trinajstić information content (AvgIpc) is 3.57. The minimum absolute atomic E-state index is 0.124. The van der Waals surface area contributed by atoms with E-state index in [4.69, 9.17) is 14.2 Å². The van der Waals surface area contributed by atoms with E-state index in [0.717, 1.165) is 12.8 Å². The van der Waals surface area contributed by atoms with E-state index < -0.39 is 11.9 Å². The highest BCUT2D eigenvalue weighted by atomic mass is 19.4. The second kappa shape index (κ2) is 9.63. The molecule has 1 saturated heterocycles. The first-order chi connectivity index (χ1) is 18.3. The van der Waals surface area contributed by atoms with Crippen LogP contribution in [0.3, 0.4) is 0 Å². The van der Waals surface area contributed by atoms with Crippen LogP contribution in [-0.2, 0) is 23.9 Å². The highest BCUT2D eigenvalue weighted by molar-refractivity contribution is 6.06. The van der Waals surface area contributed by atoms with E-state index in [2.05, 4.69) is 10.00 Å². The van der Waals surface area contributed by atoms with Gasteiger partial charge in [-0.3, -0.25) is 9.69 Å². The second-order valence-electron chi connectivity index (χ2n) is 9.70. The number of ether oxygens (including phenoxy) is 3. The zero-order valence-electron chi connectivity index (χ0n) is 20.8. The molecule has 0 bridgehead atoms. The minimum atomic E-state index is -4.58. The molecule has 8 nitrogen and oxygen atoms in total. The SMILES string of the molecule is CN(C(=O)c1cccc(-n2nc(C(F)(F)F)c3c2CCN(C2CCOCC2)C3)c1)c1ccc2c(c1)OCO2. The van der Waals surface area contributed by atoms with Crippen LogP contribution in [0, 0.1) is 0 Å². The standard InChI is InChI=1S/C27H27F3N4O4/c1-32(19-5-6-23-24(14-19)38-16-37-23)26(35)17-3-2-4-20(13-17)34-22-7-10-33(18-8-11-36-12-9-18)15-21(22)25(31-34)27(28,29)30/h2-6,13-14,18H,7-12,15-16H2,1H3. The molecule has 38 heavy (non-hydrogen) atoms. The van der Waals surface area contributed by atoms with E-state index in [-0.39, 0.29) is 30.9 Å². The zero-order valence-corrected chi connectivity index (χ0v) is 20.8. The van der Waals surface area contributed by atoms with E-state index in [1.807, 2.05) is 0 Å². The third-order valence-electron chi connectivity index (χ3n) is 7.45. The maximum Gasteiger partial charge on any atom is 0.435 e. The first-order valence-corrected chi connectivity index (χ1v) is 12.6. The van der Waals surface area contributed by atoms with Gasteiger partial charge in [0.05, 0.1) is 11.4 Å². The van der Waals surface area contributed by atoms with Crippen LogP contribution in [0.15, 0.2) is 42.5 Å². The predicted octanol–water partition coefficient (Wildman–Crippen LogP) is 4.43. The molecule has 6 rings (SSSR count). The molecule has 11 heteroatoms. The Morgan fingerprint density at radius 1 is 1.08 bits per heavy atom. The summed E-state index contributed by atoms with van der Waals surface area (Å²) in [5.74, 6) is 0.845. The maximum atomic E-state index is 14.1. The summed E-state index contributed by atoms with van der Waals surface area (Å²) in [6.45, 7) is 2.22. The first kappa shape index (κ1) is 24.7. The van der Waals surface area contributed by atoms with Gasteiger partial charge in [0.2, 0.25) is 6.79 Å². The number of aromatic nitrogens is 2. The monoisotopic (exact) mass is 528 g/mol. The number of hydrogen-bond acceptors (Lipinski definition) is 6. The van der Waals surface area contributed by atoms with Crippen LogP contribution in [0.25, 0.3) is 5.69 Å². The number of anilines is 1. The molecule has 3 aliphatic rings. The lowest BCUT2D eigenvalue weighted by Gasteiger charge is -2.37. The Balaban J connectivity index is 1.31. The Bertz CT molecular complexity index is 1370. The van der Waals surface area contributed by atoms with Gasteiger partial charge in [-0.25, -0.2) is 4.68 Å². The number of rotatable bonds is 4. The molecule has 1 aromatic heterocycles. The van der Waals surface area contributed by atoms with Gasteiger partial charge in [0.25, 0.3) is 5.91 Å². The summed E-state index contributed by atoms with van der Waals surface area (Å²) in [4.78, 5) is 16.9. The molecule has 0 saturated carbocycles. The normalized spacial score (nSPS) is 17.9. The smallest absolute Gasteiger partial charge is 0.435 e. The van der Waals surface area contributed by atoms with Gasteiger partial charge >= 0.3 is 6.18 Å². The Hall–Kier alpha value is -3.57. The molecule has 0 N–H and O–H groups in total. The molecule has 3 aliphatic heterocycles. The molecule has 0 radical (unpaired) electrons. The first-order valence-electron chi connectivity index (χ1n) is 12.6. The number of amides is 1. The van der Waals surface area contributed by atoms with Crippen molar-refractivity contribution in [3.63, 3.8) is 0 Å². The van der Waals surface area contributed by atoms with Gasteiger partial charge < -0.3 is 19.1 Å². The molecule has 3 aromatic rings. The van der Waals surface area contributed by atoms with Crippen molar-refractivity contribution < 1.29 is 32.2 Å². The van der Waals surface area contributed by atoms with Crippen molar-refractivity contribution in [2.45, 2.75) is 38.0 Å². The number of nitrogens with zero attached hydrogens (tertiary/aromatic N) is 4. The van der Waals surface area contributed by atoms with E-state index in [0.29, 0.717) is 60.3 Å². The molecule has 0 unspecified atom stereocenters. The van der Waals surface area contributed by atoms with Crippen molar-refractivity contribution >= 4 is 11.6 Å². The number of fused-ring (bicyclic) bond motifs is 2. The van der Waals surface area contributed by atoms with Crippen molar-refractivity contribution in [2.75, 3.05) is 38.5 Å².